The molecule has 0 atom stereocenters. The number of hydrazine groups is 1. The molecule has 0 saturated carbocycles. The summed E-state index contributed by atoms with van der Waals surface area (Å²) in [5.41, 5.74) is 3.66. The summed E-state index contributed by atoms with van der Waals surface area (Å²) in [6.45, 7) is 3.96. The van der Waals surface area contributed by atoms with Gasteiger partial charge in [-0.05, 0) is 31.0 Å². The Morgan fingerprint density at radius 1 is 1.26 bits per heavy atom. The fraction of sp³-hybridized carbons (Fsp3) is 0.333. The maximum atomic E-state index is 11.5. The molecule has 0 bridgehead atoms. The molecule has 0 aliphatic rings. The minimum atomic E-state index is -0.331. The van der Waals surface area contributed by atoms with Gasteiger partial charge in [-0.3, -0.25) is 14.9 Å². The minimum Gasteiger partial charge on any atom is -0.453 e. The van der Waals surface area contributed by atoms with Gasteiger partial charge >= 0.3 is 0 Å². The molecule has 1 aromatic heterocycles. The number of amides is 1. The van der Waals surface area contributed by atoms with E-state index in [-0.39, 0.29) is 12.5 Å². The molecule has 0 fully saturated rings. The first kappa shape index (κ1) is 17.6. The number of hydrogen-bond donors (Lipinski definition) is 2. The van der Waals surface area contributed by atoms with Gasteiger partial charge in [-0.2, -0.15) is 5.10 Å². The van der Waals surface area contributed by atoms with Crippen molar-refractivity contribution in [1.29, 1.82) is 0 Å². The highest BCUT2D eigenvalue weighted by molar-refractivity contribution is 6.34. The van der Waals surface area contributed by atoms with Crippen LogP contribution >= 0.6 is 23.2 Å². The van der Waals surface area contributed by atoms with Crippen LogP contribution in [0.3, 0.4) is 0 Å². The predicted octanol–water partition coefficient (Wildman–Crippen LogP) is 3.10. The first-order chi connectivity index (χ1) is 11.0. The summed E-state index contributed by atoms with van der Waals surface area (Å²) in [4.78, 5) is 11.5. The van der Waals surface area contributed by atoms with Crippen molar-refractivity contribution in [2.75, 3.05) is 0 Å². The molecular weight excluding hydrogens is 339 g/mol. The topological polar surface area (TPSA) is 82.2 Å². The van der Waals surface area contributed by atoms with Crippen molar-refractivity contribution in [2.45, 2.75) is 33.2 Å². The molecule has 1 aromatic carbocycles. The van der Waals surface area contributed by atoms with Crippen LogP contribution in [0.15, 0.2) is 18.2 Å². The molecule has 0 aliphatic heterocycles. The molecule has 0 aliphatic carbocycles. The summed E-state index contributed by atoms with van der Waals surface area (Å²) in [5, 5.41) is 5.41. The van der Waals surface area contributed by atoms with Crippen LogP contribution in [0.2, 0.25) is 10.0 Å². The van der Waals surface area contributed by atoms with E-state index < -0.39 is 0 Å². The SMILES string of the molecule is CCc1nn(CC(=O)NN)c(CC)c1Oc1cc(Cl)cc(Cl)c1. The lowest BCUT2D eigenvalue weighted by atomic mass is 10.2. The molecule has 124 valence electrons. The highest BCUT2D eigenvalue weighted by Crippen LogP contribution is 2.33. The molecule has 3 N–H and O–H groups in total. The quantitative estimate of drug-likeness (QED) is 0.473. The van der Waals surface area contributed by atoms with Gasteiger partial charge in [0.15, 0.2) is 5.75 Å². The van der Waals surface area contributed by atoms with Crippen molar-refractivity contribution in [2.24, 2.45) is 5.84 Å². The fourth-order valence-corrected chi connectivity index (χ4v) is 2.75. The molecule has 2 rings (SSSR count). The van der Waals surface area contributed by atoms with Crippen LogP contribution in [-0.2, 0) is 24.2 Å². The molecular formula is C15H18Cl2N4O2. The number of nitrogens with zero attached hydrogens (tertiary/aromatic N) is 2. The van der Waals surface area contributed by atoms with Gasteiger partial charge in [0.1, 0.15) is 18.0 Å². The van der Waals surface area contributed by atoms with Crippen molar-refractivity contribution in [3.05, 3.63) is 39.6 Å². The highest BCUT2D eigenvalue weighted by Gasteiger charge is 2.19. The number of halogens is 2. The Bertz CT molecular complexity index is 695. The van der Waals surface area contributed by atoms with Gasteiger partial charge in [-0.15, -0.1) is 0 Å². The van der Waals surface area contributed by atoms with E-state index in [2.05, 4.69) is 10.5 Å². The van der Waals surface area contributed by atoms with E-state index in [4.69, 9.17) is 33.8 Å². The van der Waals surface area contributed by atoms with Crippen LogP contribution in [0.25, 0.3) is 0 Å². The zero-order valence-electron chi connectivity index (χ0n) is 12.9. The Morgan fingerprint density at radius 2 is 1.91 bits per heavy atom. The third-order valence-corrected chi connectivity index (χ3v) is 3.69. The monoisotopic (exact) mass is 356 g/mol. The summed E-state index contributed by atoms with van der Waals surface area (Å²) in [6.07, 6.45) is 1.31. The molecule has 23 heavy (non-hydrogen) atoms. The molecule has 1 amide bonds. The molecule has 1 heterocycles. The second kappa shape index (κ2) is 7.68. The molecule has 0 saturated heterocycles. The first-order valence-corrected chi connectivity index (χ1v) is 7.96. The van der Waals surface area contributed by atoms with Crippen molar-refractivity contribution < 1.29 is 9.53 Å². The normalized spacial score (nSPS) is 10.7. The van der Waals surface area contributed by atoms with E-state index in [1.54, 1.807) is 22.9 Å². The minimum absolute atomic E-state index is 0.0341. The molecule has 0 unspecified atom stereocenters. The van der Waals surface area contributed by atoms with E-state index in [0.29, 0.717) is 34.4 Å². The predicted molar refractivity (Wildman–Crippen MR) is 89.8 cm³/mol. The van der Waals surface area contributed by atoms with Crippen LogP contribution < -0.4 is 16.0 Å². The van der Waals surface area contributed by atoms with E-state index in [1.807, 2.05) is 13.8 Å². The van der Waals surface area contributed by atoms with Crippen molar-refractivity contribution in [3.8, 4) is 11.5 Å². The number of ether oxygens (including phenoxy) is 1. The van der Waals surface area contributed by atoms with Crippen LogP contribution in [-0.4, -0.2) is 15.7 Å². The summed E-state index contributed by atoms with van der Waals surface area (Å²) in [6, 6.07) is 4.99. The van der Waals surface area contributed by atoms with Crippen LogP contribution in [0.5, 0.6) is 11.5 Å². The van der Waals surface area contributed by atoms with Gasteiger partial charge in [0, 0.05) is 10.0 Å². The smallest absolute Gasteiger partial charge is 0.255 e. The van der Waals surface area contributed by atoms with Crippen LogP contribution in [0, 0.1) is 0 Å². The number of benzene rings is 1. The second-order valence-corrected chi connectivity index (χ2v) is 5.73. The molecule has 6 nitrogen and oxygen atoms in total. The average molecular weight is 357 g/mol. The Balaban J connectivity index is 2.41. The lowest BCUT2D eigenvalue weighted by Crippen LogP contribution is -2.33. The Hall–Kier alpha value is -1.76. The zero-order valence-corrected chi connectivity index (χ0v) is 14.4. The Morgan fingerprint density at radius 3 is 2.43 bits per heavy atom. The lowest BCUT2D eigenvalue weighted by molar-refractivity contribution is -0.121. The second-order valence-electron chi connectivity index (χ2n) is 4.86. The van der Waals surface area contributed by atoms with Gasteiger partial charge in [0.2, 0.25) is 0 Å². The molecule has 8 heteroatoms. The number of rotatable bonds is 6. The van der Waals surface area contributed by atoms with Crippen LogP contribution in [0.1, 0.15) is 25.2 Å². The van der Waals surface area contributed by atoms with Gasteiger partial charge in [0.25, 0.3) is 5.91 Å². The number of aryl methyl sites for hydroxylation is 1. The number of nitrogens with two attached hydrogens (primary N) is 1. The summed E-state index contributed by atoms with van der Waals surface area (Å²) in [7, 11) is 0. The van der Waals surface area contributed by atoms with E-state index in [9.17, 15) is 4.79 Å². The third-order valence-electron chi connectivity index (χ3n) is 3.26. The van der Waals surface area contributed by atoms with Crippen molar-refractivity contribution in [1.82, 2.24) is 15.2 Å². The summed E-state index contributed by atoms with van der Waals surface area (Å²) < 4.78 is 7.56. The molecule has 2 aromatic rings. The number of carbonyl (C=O) groups excluding carboxylic acids is 1. The largest absolute Gasteiger partial charge is 0.453 e. The van der Waals surface area contributed by atoms with Crippen molar-refractivity contribution in [3.63, 3.8) is 0 Å². The van der Waals surface area contributed by atoms with Crippen molar-refractivity contribution >= 4 is 29.1 Å². The van der Waals surface area contributed by atoms with Gasteiger partial charge < -0.3 is 4.74 Å². The maximum absolute atomic E-state index is 11.5. The standard InChI is InChI=1S/C15H18Cl2N4O2/c1-3-12-15(23-11-6-9(16)5-10(17)7-11)13(4-2)21(20-12)8-14(22)19-18/h5-7H,3-4,8,18H2,1-2H3,(H,19,22). The first-order valence-electron chi connectivity index (χ1n) is 7.20. The maximum Gasteiger partial charge on any atom is 0.255 e. The number of aromatic nitrogens is 2. The molecule has 0 radical (unpaired) electrons. The van der Waals surface area contributed by atoms with Crippen LogP contribution in [0.4, 0.5) is 0 Å². The summed E-state index contributed by atoms with van der Waals surface area (Å²) in [5.74, 6) is 5.96. The Labute approximate surface area is 144 Å². The number of nitrogens with one attached hydrogen (secondary N) is 1. The zero-order chi connectivity index (χ0) is 17.0. The van der Waals surface area contributed by atoms with Gasteiger partial charge in [-0.1, -0.05) is 37.0 Å². The van der Waals surface area contributed by atoms with Gasteiger partial charge in [0.05, 0.1) is 5.69 Å². The van der Waals surface area contributed by atoms with E-state index in [0.717, 1.165) is 11.4 Å². The van der Waals surface area contributed by atoms with Gasteiger partial charge in [-0.25, -0.2) is 5.84 Å². The fourth-order valence-electron chi connectivity index (χ4n) is 2.25. The number of hydrogen-bond acceptors (Lipinski definition) is 4. The Kier molecular flexibility index (Phi) is 5.87. The number of carbonyl (C=O) groups is 1. The summed E-state index contributed by atoms with van der Waals surface area (Å²) >= 11 is 12.0. The highest BCUT2D eigenvalue weighted by atomic mass is 35.5. The average Bonchev–Trinajstić information content (AvgIpc) is 2.82. The third kappa shape index (κ3) is 4.16. The van der Waals surface area contributed by atoms with E-state index >= 15 is 0 Å². The lowest BCUT2D eigenvalue weighted by Gasteiger charge is -2.09. The molecule has 0 spiro atoms. The van der Waals surface area contributed by atoms with E-state index in [1.165, 1.54) is 0 Å².